The van der Waals surface area contributed by atoms with Gasteiger partial charge in [0, 0.05) is 83.3 Å². The number of aryl methyl sites for hydroxylation is 2. The molecular formula is C30H31ClN8O2. The van der Waals surface area contributed by atoms with Crippen molar-refractivity contribution in [3.8, 4) is 22.5 Å². The molecule has 2 aromatic carbocycles. The molecule has 0 amide bonds. The number of fused-ring (bicyclic) bond motifs is 1. The van der Waals surface area contributed by atoms with E-state index in [4.69, 9.17) is 21.1 Å². The number of nitrogens with zero attached hydrogens (tertiary/aromatic N) is 6. The van der Waals surface area contributed by atoms with Crippen LogP contribution in [0.15, 0.2) is 64.0 Å². The van der Waals surface area contributed by atoms with Crippen LogP contribution < -0.4 is 21.1 Å². The molecule has 41 heavy (non-hydrogen) atoms. The highest BCUT2D eigenvalue weighted by molar-refractivity contribution is 6.33. The molecule has 11 heteroatoms. The van der Waals surface area contributed by atoms with Crippen LogP contribution in [-0.2, 0) is 6.54 Å². The fourth-order valence-corrected chi connectivity index (χ4v) is 5.70. The summed E-state index contributed by atoms with van der Waals surface area (Å²) < 4.78 is 6.71. The molecule has 210 valence electrons. The number of benzene rings is 2. The maximum atomic E-state index is 13.6. The minimum atomic E-state index is -0.182. The molecule has 3 aromatic heterocycles. The number of pyridine rings is 1. The summed E-state index contributed by atoms with van der Waals surface area (Å²) in [6.45, 7) is 10.4. The predicted octanol–water partition coefficient (Wildman–Crippen LogP) is 5.42. The van der Waals surface area contributed by atoms with Crippen molar-refractivity contribution in [1.82, 2.24) is 30.0 Å². The van der Waals surface area contributed by atoms with Crippen LogP contribution in [0.5, 0.6) is 0 Å². The second-order valence-corrected chi connectivity index (χ2v) is 10.9. The largest absolute Gasteiger partial charge is 0.368 e. The van der Waals surface area contributed by atoms with Gasteiger partial charge in [0.25, 0.3) is 5.56 Å². The lowest BCUT2D eigenvalue weighted by Gasteiger charge is -2.37. The number of hydrogen-bond acceptors (Lipinski definition) is 9. The third-order valence-corrected chi connectivity index (χ3v) is 7.55. The van der Waals surface area contributed by atoms with Gasteiger partial charge in [-0.3, -0.25) is 9.36 Å². The quantitative estimate of drug-likeness (QED) is 0.276. The lowest BCUT2D eigenvalue weighted by atomic mass is 10.0. The molecule has 0 bridgehead atoms. The molecule has 0 saturated carbocycles. The predicted molar refractivity (Wildman–Crippen MR) is 162 cm³/mol. The molecule has 1 aliphatic heterocycles. The van der Waals surface area contributed by atoms with Crippen molar-refractivity contribution < 1.29 is 4.52 Å². The summed E-state index contributed by atoms with van der Waals surface area (Å²) in [7, 11) is 0. The van der Waals surface area contributed by atoms with Crippen LogP contribution in [0.3, 0.4) is 0 Å². The van der Waals surface area contributed by atoms with Crippen molar-refractivity contribution in [3.05, 3.63) is 76.0 Å². The zero-order valence-electron chi connectivity index (χ0n) is 23.3. The number of halogens is 1. The Hall–Kier alpha value is -4.28. The normalized spacial score (nSPS) is 17.2. The van der Waals surface area contributed by atoms with Crippen molar-refractivity contribution in [3.63, 3.8) is 0 Å². The second kappa shape index (κ2) is 10.9. The Bertz CT molecular complexity index is 1770. The average molecular weight is 571 g/mol. The molecular weight excluding hydrogens is 540 g/mol. The van der Waals surface area contributed by atoms with E-state index >= 15 is 0 Å². The first-order valence-electron chi connectivity index (χ1n) is 13.7. The fraction of sp³-hybridized carbons (Fsp3) is 0.300. The van der Waals surface area contributed by atoms with Gasteiger partial charge in [-0.25, -0.2) is 4.98 Å². The molecule has 0 spiro atoms. The second-order valence-electron chi connectivity index (χ2n) is 10.5. The van der Waals surface area contributed by atoms with Crippen LogP contribution >= 0.6 is 11.6 Å². The van der Waals surface area contributed by atoms with Crippen LogP contribution in [0.2, 0.25) is 5.02 Å². The van der Waals surface area contributed by atoms with Gasteiger partial charge in [0.15, 0.2) is 0 Å². The number of hydrogen-bond donors (Lipinski definition) is 2. The first-order valence-corrected chi connectivity index (χ1v) is 14.1. The summed E-state index contributed by atoms with van der Waals surface area (Å²) in [6, 6.07) is 16.3. The maximum Gasteiger partial charge on any atom is 0.260 e. The number of rotatable bonds is 6. The van der Waals surface area contributed by atoms with E-state index in [1.54, 1.807) is 35.9 Å². The van der Waals surface area contributed by atoms with Gasteiger partial charge in [-0.15, -0.1) is 0 Å². The van der Waals surface area contributed by atoms with Crippen molar-refractivity contribution in [1.29, 1.82) is 0 Å². The summed E-state index contributed by atoms with van der Waals surface area (Å²) in [6.07, 6.45) is 1.72. The minimum Gasteiger partial charge on any atom is -0.368 e. The van der Waals surface area contributed by atoms with Gasteiger partial charge in [-0.2, -0.15) is 9.97 Å². The Morgan fingerprint density at radius 1 is 1.05 bits per heavy atom. The standard InChI is InChI=1S/C30H31ClN8O2/c1-5-39-28-21(12-25(29(39)40)24-11-6-20(13-26(24)31)27-34-19(4)41-37-27)14-32-30(36-28)35-22-7-9-23(10-8-22)38-15-17(2)33-18(3)16-38/h6-14,17-18,33H,5,15-16H2,1-4H3,(H,32,35,36). The van der Waals surface area contributed by atoms with Crippen LogP contribution in [0.25, 0.3) is 33.5 Å². The average Bonchev–Trinajstić information content (AvgIpc) is 3.39. The molecule has 2 N–H and O–H groups in total. The van der Waals surface area contributed by atoms with Crippen molar-refractivity contribution >= 4 is 40.0 Å². The Kier molecular flexibility index (Phi) is 7.19. The van der Waals surface area contributed by atoms with Gasteiger partial charge in [0.1, 0.15) is 5.65 Å². The highest BCUT2D eigenvalue weighted by Crippen LogP contribution is 2.31. The lowest BCUT2D eigenvalue weighted by Crippen LogP contribution is -2.54. The van der Waals surface area contributed by atoms with Crippen LogP contribution in [0, 0.1) is 6.92 Å². The summed E-state index contributed by atoms with van der Waals surface area (Å²) in [5.41, 5.74) is 4.21. The van der Waals surface area contributed by atoms with Crippen molar-refractivity contribution in [2.45, 2.75) is 46.3 Å². The lowest BCUT2D eigenvalue weighted by molar-refractivity contribution is 0.394. The van der Waals surface area contributed by atoms with E-state index in [1.807, 2.05) is 25.1 Å². The van der Waals surface area contributed by atoms with Crippen LogP contribution in [0.4, 0.5) is 17.3 Å². The highest BCUT2D eigenvalue weighted by Gasteiger charge is 2.21. The van der Waals surface area contributed by atoms with Crippen LogP contribution in [0.1, 0.15) is 26.7 Å². The molecule has 0 radical (unpaired) electrons. The van der Waals surface area contributed by atoms with E-state index in [0.29, 0.717) is 63.7 Å². The van der Waals surface area contributed by atoms with Crippen molar-refractivity contribution in [2.75, 3.05) is 23.3 Å². The molecule has 10 nitrogen and oxygen atoms in total. The van der Waals surface area contributed by atoms with Gasteiger partial charge in [-0.05, 0) is 57.2 Å². The Morgan fingerprint density at radius 3 is 2.46 bits per heavy atom. The third kappa shape index (κ3) is 5.40. The van der Waals surface area contributed by atoms with E-state index in [2.05, 4.69) is 56.6 Å². The number of anilines is 3. The van der Waals surface area contributed by atoms with Crippen molar-refractivity contribution in [2.24, 2.45) is 0 Å². The zero-order valence-corrected chi connectivity index (χ0v) is 24.1. The smallest absolute Gasteiger partial charge is 0.260 e. The summed E-state index contributed by atoms with van der Waals surface area (Å²) in [4.78, 5) is 29.5. The molecule has 6 rings (SSSR count). The number of nitrogens with one attached hydrogen (secondary N) is 2. The Labute approximate surface area is 242 Å². The monoisotopic (exact) mass is 570 g/mol. The van der Waals surface area contributed by atoms with Gasteiger partial charge >= 0.3 is 0 Å². The molecule has 2 atom stereocenters. The van der Waals surface area contributed by atoms with E-state index < -0.39 is 0 Å². The molecule has 5 aromatic rings. The Morgan fingerprint density at radius 2 is 1.80 bits per heavy atom. The van der Waals surface area contributed by atoms with Gasteiger partial charge in [0.05, 0.1) is 0 Å². The summed E-state index contributed by atoms with van der Waals surface area (Å²) >= 11 is 6.65. The van der Waals surface area contributed by atoms with Gasteiger partial charge in [0.2, 0.25) is 17.7 Å². The summed E-state index contributed by atoms with van der Waals surface area (Å²) in [5.74, 6) is 1.32. The molecule has 1 aliphatic rings. The van der Waals surface area contributed by atoms with E-state index in [0.717, 1.165) is 24.2 Å². The first kappa shape index (κ1) is 26.9. The van der Waals surface area contributed by atoms with Crippen LogP contribution in [-0.4, -0.2) is 49.8 Å². The Balaban J connectivity index is 1.28. The maximum absolute atomic E-state index is 13.6. The van der Waals surface area contributed by atoms with Gasteiger partial charge in [-0.1, -0.05) is 28.9 Å². The molecule has 1 fully saturated rings. The number of aromatic nitrogens is 5. The molecule has 0 aliphatic carbocycles. The molecule has 4 heterocycles. The zero-order chi connectivity index (χ0) is 28.7. The first-order chi connectivity index (χ1) is 19.8. The fourth-order valence-electron chi connectivity index (χ4n) is 5.42. The van der Waals surface area contributed by atoms with Gasteiger partial charge < -0.3 is 20.1 Å². The highest BCUT2D eigenvalue weighted by atomic mass is 35.5. The third-order valence-electron chi connectivity index (χ3n) is 7.23. The topological polar surface area (TPSA) is 114 Å². The van der Waals surface area contributed by atoms with E-state index in [-0.39, 0.29) is 5.56 Å². The summed E-state index contributed by atoms with van der Waals surface area (Å²) in [5, 5.41) is 11.9. The molecule has 2 unspecified atom stereocenters. The van der Waals surface area contributed by atoms with E-state index in [9.17, 15) is 4.79 Å². The van der Waals surface area contributed by atoms with E-state index in [1.165, 1.54) is 5.69 Å². The number of piperazine rings is 1. The minimum absolute atomic E-state index is 0.182. The SMILES string of the molecule is CCn1c(=O)c(-c2ccc(-c3noc(C)n3)cc2Cl)cc2cnc(Nc3ccc(N4CC(C)NC(C)C4)cc3)nc21. The molecule has 1 saturated heterocycles.